The third-order valence-electron chi connectivity index (χ3n) is 5.23. The van der Waals surface area contributed by atoms with Crippen LogP contribution in [0.25, 0.3) is 0 Å². The number of hydrogen-bond acceptors (Lipinski definition) is 9. The summed E-state index contributed by atoms with van der Waals surface area (Å²) in [5.74, 6) is -1.20. The Balaban J connectivity index is 2.08. The lowest BCUT2D eigenvalue weighted by atomic mass is 10.2. The molecule has 0 saturated heterocycles. The summed E-state index contributed by atoms with van der Waals surface area (Å²) in [6, 6.07) is 13.0. The number of amides is 1. The summed E-state index contributed by atoms with van der Waals surface area (Å²) < 4.78 is 43.4. The maximum Gasteiger partial charge on any atom is 0.339 e. The van der Waals surface area contributed by atoms with Gasteiger partial charge in [0, 0.05) is 17.8 Å². The number of sulfonamides is 1. The SMILES string of the molecule is COC(=O)c1cc(NC(=O)CN(c2ccc(OC)cc2OC)S(=O)(=O)c2ccccc2[N+](=O)[O-])ccc1Cl. The second-order valence-electron chi connectivity index (χ2n) is 7.51. The molecule has 0 aliphatic carbocycles. The smallest absolute Gasteiger partial charge is 0.339 e. The fourth-order valence-corrected chi connectivity index (χ4v) is 5.22. The van der Waals surface area contributed by atoms with E-state index in [-0.39, 0.29) is 27.7 Å². The van der Waals surface area contributed by atoms with E-state index in [4.69, 9.17) is 21.1 Å². The van der Waals surface area contributed by atoms with Crippen molar-refractivity contribution in [1.29, 1.82) is 0 Å². The molecule has 0 unspecified atom stereocenters. The van der Waals surface area contributed by atoms with Gasteiger partial charge in [-0.05, 0) is 36.4 Å². The number of para-hydroxylation sites is 1. The van der Waals surface area contributed by atoms with Crippen LogP contribution in [0, 0.1) is 10.1 Å². The Morgan fingerprint density at radius 2 is 1.74 bits per heavy atom. The number of benzene rings is 3. The molecule has 3 aromatic rings. The van der Waals surface area contributed by atoms with Gasteiger partial charge in [-0.2, -0.15) is 0 Å². The highest BCUT2D eigenvalue weighted by Gasteiger charge is 2.34. The lowest BCUT2D eigenvalue weighted by Crippen LogP contribution is -2.38. The van der Waals surface area contributed by atoms with Crippen LogP contribution in [0.2, 0.25) is 5.02 Å². The molecule has 14 heteroatoms. The number of anilines is 2. The number of esters is 1. The van der Waals surface area contributed by atoms with Crippen LogP contribution in [0.3, 0.4) is 0 Å². The monoisotopic (exact) mass is 563 g/mol. The molecule has 0 aliphatic rings. The summed E-state index contributed by atoms with van der Waals surface area (Å²) in [5, 5.41) is 14.2. The minimum atomic E-state index is -4.69. The highest BCUT2D eigenvalue weighted by molar-refractivity contribution is 7.93. The van der Waals surface area contributed by atoms with E-state index in [0.29, 0.717) is 10.1 Å². The van der Waals surface area contributed by atoms with Crippen molar-refractivity contribution < 1.29 is 37.1 Å². The second kappa shape index (κ2) is 11.8. The highest BCUT2D eigenvalue weighted by atomic mass is 35.5. The molecule has 1 N–H and O–H groups in total. The molecule has 0 saturated carbocycles. The number of ether oxygens (including phenoxy) is 3. The number of nitro groups is 1. The van der Waals surface area contributed by atoms with E-state index in [1.165, 1.54) is 62.8 Å². The lowest BCUT2D eigenvalue weighted by Gasteiger charge is -2.25. The van der Waals surface area contributed by atoms with E-state index < -0.39 is 44.0 Å². The van der Waals surface area contributed by atoms with Gasteiger partial charge in [0.1, 0.15) is 18.0 Å². The summed E-state index contributed by atoms with van der Waals surface area (Å²) in [4.78, 5) is 35.2. The quantitative estimate of drug-likeness (QED) is 0.220. The first kappa shape index (κ1) is 28.2. The van der Waals surface area contributed by atoms with Crippen LogP contribution >= 0.6 is 11.6 Å². The van der Waals surface area contributed by atoms with Gasteiger partial charge in [0.05, 0.1) is 42.5 Å². The summed E-state index contributed by atoms with van der Waals surface area (Å²) in [6.07, 6.45) is 0. The van der Waals surface area contributed by atoms with Crippen LogP contribution in [0.1, 0.15) is 10.4 Å². The molecule has 3 aromatic carbocycles. The molecule has 0 heterocycles. The minimum Gasteiger partial charge on any atom is -0.497 e. The molecule has 3 rings (SSSR count). The van der Waals surface area contributed by atoms with Gasteiger partial charge in [0.15, 0.2) is 4.90 Å². The third-order valence-corrected chi connectivity index (χ3v) is 7.36. The van der Waals surface area contributed by atoms with E-state index in [9.17, 15) is 28.1 Å². The summed E-state index contributed by atoms with van der Waals surface area (Å²) >= 11 is 6.02. The predicted molar refractivity (Wildman–Crippen MR) is 139 cm³/mol. The Hall–Kier alpha value is -4.36. The first-order chi connectivity index (χ1) is 18.0. The second-order valence-corrected chi connectivity index (χ2v) is 9.75. The number of methoxy groups -OCH3 is 3. The van der Waals surface area contributed by atoms with Crippen LogP contribution < -0.4 is 19.1 Å². The van der Waals surface area contributed by atoms with Gasteiger partial charge in [-0.15, -0.1) is 0 Å². The maximum atomic E-state index is 13.8. The highest BCUT2D eigenvalue weighted by Crippen LogP contribution is 2.37. The number of carbonyl (C=O) groups is 2. The summed E-state index contributed by atoms with van der Waals surface area (Å²) in [6.45, 7) is -0.812. The van der Waals surface area contributed by atoms with Crippen molar-refractivity contribution in [3.8, 4) is 11.5 Å². The fraction of sp³-hybridized carbons (Fsp3) is 0.167. The van der Waals surface area contributed by atoms with Gasteiger partial charge in [-0.1, -0.05) is 23.7 Å². The van der Waals surface area contributed by atoms with Crippen molar-refractivity contribution in [3.05, 3.63) is 81.4 Å². The molecule has 0 bridgehead atoms. The van der Waals surface area contributed by atoms with Crippen molar-refractivity contribution in [1.82, 2.24) is 0 Å². The molecule has 0 fully saturated rings. The van der Waals surface area contributed by atoms with Crippen molar-refractivity contribution in [2.24, 2.45) is 0 Å². The Morgan fingerprint density at radius 3 is 2.37 bits per heavy atom. The number of rotatable bonds is 10. The van der Waals surface area contributed by atoms with E-state index >= 15 is 0 Å². The maximum absolute atomic E-state index is 13.8. The van der Waals surface area contributed by atoms with Crippen molar-refractivity contribution in [2.75, 3.05) is 37.5 Å². The van der Waals surface area contributed by atoms with Crippen LogP contribution in [0.15, 0.2) is 65.6 Å². The molecule has 200 valence electrons. The van der Waals surface area contributed by atoms with Gasteiger partial charge in [-0.3, -0.25) is 19.2 Å². The first-order valence-electron chi connectivity index (χ1n) is 10.7. The Bertz CT molecular complexity index is 1500. The van der Waals surface area contributed by atoms with E-state index in [1.54, 1.807) is 0 Å². The van der Waals surface area contributed by atoms with E-state index in [0.717, 1.165) is 19.2 Å². The fourth-order valence-electron chi connectivity index (χ4n) is 3.44. The van der Waals surface area contributed by atoms with Gasteiger partial charge in [0.2, 0.25) is 5.91 Å². The standard InChI is InChI=1S/C24H22ClN3O9S/c1-35-16-9-11-19(21(13-16)36-2)27(38(33,34)22-7-5-4-6-20(22)28(31)32)14-23(29)26-15-8-10-18(25)17(12-15)24(30)37-3/h4-13H,14H2,1-3H3,(H,26,29). The summed E-state index contributed by atoms with van der Waals surface area (Å²) in [5.41, 5.74) is -0.642. The number of nitro benzene ring substituents is 1. The average molecular weight is 564 g/mol. The molecular weight excluding hydrogens is 542 g/mol. The van der Waals surface area contributed by atoms with Crippen molar-refractivity contribution in [2.45, 2.75) is 4.90 Å². The average Bonchev–Trinajstić information content (AvgIpc) is 2.91. The van der Waals surface area contributed by atoms with Crippen LogP contribution in [-0.4, -0.2) is 53.1 Å². The van der Waals surface area contributed by atoms with E-state index in [2.05, 4.69) is 10.1 Å². The molecule has 38 heavy (non-hydrogen) atoms. The number of carbonyl (C=O) groups excluding carboxylic acids is 2. The third kappa shape index (κ3) is 5.95. The molecule has 0 aromatic heterocycles. The van der Waals surface area contributed by atoms with Gasteiger partial charge < -0.3 is 19.5 Å². The Morgan fingerprint density at radius 1 is 1.03 bits per heavy atom. The first-order valence-corrected chi connectivity index (χ1v) is 12.5. The molecule has 0 aliphatic heterocycles. The zero-order valence-corrected chi connectivity index (χ0v) is 21.9. The Kier molecular flexibility index (Phi) is 8.76. The molecule has 1 amide bonds. The normalized spacial score (nSPS) is 10.8. The number of nitrogens with one attached hydrogen (secondary N) is 1. The van der Waals surface area contributed by atoms with Crippen LogP contribution in [0.4, 0.5) is 17.1 Å². The minimum absolute atomic E-state index is 0.0202. The lowest BCUT2D eigenvalue weighted by molar-refractivity contribution is -0.387. The van der Waals surface area contributed by atoms with Gasteiger partial charge in [-0.25, -0.2) is 13.2 Å². The van der Waals surface area contributed by atoms with Crippen LogP contribution in [-0.2, 0) is 19.6 Å². The molecule has 12 nitrogen and oxygen atoms in total. The molecule has 0 atom stereocenters. The van der Waals surface area contributed by atoms with Crippen molar-refractivity contribution >= 4 is 50.6 Å². The van der Waals surface area contributed by atoms with E-state index in [1.807, 2.05) is 0 Å². The number of hydrogen-bond donors (Lipinski definition) is 1. The number of nitrogens with zero attached hydrogens (tertiary/aromatic N) is 2. The summed E-state index contributed by atoms with van der Waals surface area (Å²) in [7, 11) is -0.833. The molecule has 0 radical (unpaired) electrons. The number of halogens is 1. The zero-order valence-electron chi connectivity index (χ0n) is 20.3. The van der Waals surface area contributed by atoms with Crippen molar-refractivity contribution in [3.63, 3.8) is 0 Å². The Labute approximate surface area is 222 Å². The van der Waals surface area contributed by atoms with Gasteiger partial charge in [0.25, 0.3) is 15.7 Å². The van der Waals surface area contributed by atoms with Crippen LogP contribution in [0.5, 0.6) is 11.5 Å². The molecule has 0 spiro atoms. The van der Waals surface area contributed by atoms with Gasteiger partial charge >= 0.3 is 5.97 Å². The molecular formula is C24H22ClN3O9S. The predicted octanol–water partition coefficient (Wildman–Crippen LogP) is 3.89. The largest absolute Gasteiger partial charge is 0.497 e. The zero-order chi connectivity index (χ0) is 28.0. The topological polar surface area (TPSA) is 154 Å².